The molecule has 0 rings (SSSR count). The molecule has 15 heavy (non-hydrogen) atoms. The van der Waals surface area contributed by atoms with Crippen LogP contribution < -0.4 is 5.73 Å². The van der Waals surface area contributed by atoms with Gasteiger partial charge in [-0.25, -0.2) is 0 Å². The van der Waals surface area contributed by atoms with Gasteiger partial charge in [0.1, 0.15) is 0 Å². The number of nitrogens with zero attached hydrogens (tertiary/aromatic N) is 1. The van der Waals surface area contributed by atoms with E-state index in [0.29, 0.717) is 6.04 Å². The van der Waals surface area contributed by atoms with Gasteiger partial charge in [-0.05, 0) is 45.7 Å². The molecule has 0 heterocycles. The normalized spacial score (nSPS) is 17.8. The lowest BCUT2D eigenvalue weighted by molar-refractivity contribution is 0.195. The van der Waals surface area contributed by atoms with E-state index in [1.165, 1.54) is 18.6 Å². The molecule has 2 N–H and O–H groups in total. The summed E-state index contributed by atoms with van der Waals surface area (Å²) in [5, 5.41) is 0. The molecule has 0 radical (unpaired) electrons. The van der Waals surface area contributed by atoms with Gasteiger partial charge in [0, 0.05) is 18.1 Å². The summed E-state index contributed by atoms with van der Waals surface area (Å²) < 4.78 is 0. The Balaban J connectivity index is 3.93. The third kappa shape index (κ3) is 7.20. The van der Waals surface area contributed by atoms with Crippen LogP contribution in [0.1, 0.15) is 40.0 Å². The van der Waals surface area contributed by atoms with Crippen molar-refractivity contribution in [3.63, 3.8) is 0 Å². The standard InChI is InChI=1S/C12H28N2S/c1-6-8-12(3,13)10-14(4)11(2)7-9-15-5/h11H,6-10,13H2,1-5H3. The Hall–Kier alpha value is 0.270. The summed E-state index contributed by atoms with van der Waals surface area (Å²) in [4.78, 5) is 2.39. The van der Waals surface area contributed by atoms with E-state index < -0.39 is 0 Å². The molecule has 0 aliphatic rings. The highest BCUT2D eigenvalue weighted by Crippen LogP contribution is 2.13. The first kappa shape index (κ1) is 15.3. The highest BCUT2D eigenvalue weighted by molar-refractivity contribution is 7.98. The molecule has 2 unspecified atom stereocenters. The average Bonchev–Trinajstić information content (AvgIpc) is 2.13. The van der Waals surface area contributed by atoms with Gasteiger partial charge < -0.3 is 10.6 Å². The van der Waals surface area contributed by atoms with Crippen molar-refractivity contribution >= 4 is 11.8 Å². The van der Waals surface area contributed by atoms with E-state index in [4.69, 9.17) is 5.73 Å². The van der Waals surface area contributed by atoms with Gasteiger partial charge in [-0.3, -0.25) is 0 Å². The predicted octanol–water partition coefficient (Wildman–Crippen LogP) is 2.58. The summed E-state index contributed by atoms with van der Waals surface area (Å²) >= 11 is 1.92. The molecular weight excluding hydrogens is 204 g/mol. The molecule has 0 amide bonds. The van der Waals surface area contributed by atoms with Gasteiger partial charge in [0.15, 0.2) is 0 Å². The monoisotopic (exact) mass is 232 g/mol. The lowest BCUT2D eigenvalue weighted by Gasteiger charge is -2.33. The van der Waals surface area contributed by atoms with Crippen LogP contribution in [-0.4, -0.2) is 42.1 Å². The highest BCUT2D eigenvalue weighted by atomic mass is 32.2. The van der Waals surface area contributed by atoms with Crippen molar-refractivity contribution in [3.05, 3.63) is 0 Å². The molecular formula is C12H28N2S. The number of likely N-dealkylation sites (N-methyl/N-ethyl adjacent to an activating group) is 1. The first-order chi connectivity index (χ1) is 6.93. The Bertz CT molecular complexity index is 160. The molecule has 0 aliphatic heterocycles. The fourth-order valence-corrected chi connectivity index (χ4v) is 2.46. The van der Waals surface area contributed by atoms with Crippen LogP contribution in [0.3, 0.4) is 0 Å². The minimum Gasteiger partial charge on any atom is -0.324 e. The third-order valence-electron chi connectivity index (χ3n) is 2.92. The van der Waals surface area contributed by atoms with Crippen molar-refractivity contribution in [3.8, 4) is 0 Å². The summed E-state index contributed by atoms with van der Waals surface area (Å²) in [6.07, 6.45) is 5.68. The van der Waals surface area contributed by atoms with Crippen molar-refractivity contribution in [1.82, 2.24) is 4.90 Å². The molecule has 0 saturated carbocycles. The maximum Gasteiger partial charge on any atom is 0.0254 e. The molecule has 0 aliphatic carbocycles. The molecule has 0 aromatic carbocycles. The van der Waals surface area contributed by atoms with E-state index in [1.54, 1.807) is 0 Å². The summed E-state index contributed by atoms with van der Waals surface area (Å²) in [6.45, 7) is 7.64. The number of rotatable bonds is 8. The van der Waals surface area contributed by atoms with Gasteiger partial charge >= 0.3 is 0 Å². The van der Waals surface area contributed by atoms with E-state index >= 15 is 0 Å². The van der Waals surface area contributed by atoms with Gasteiger partial charge in [0.05, 0.1) is 0 Å². The Morgan fingerprint density at radius 1 is 1.47 bits per heavy atom. The number of nitrogens with two attached hydrogens (primary N) is 1. The first-order valence-corrected chi connectivity index (χ1v) is 7.30. The molecule has 92 valence electrons. The van der Waals surface area contributed by atoms with Crippen LogP contribution in [-0.2, 0) is 0 Å². The van der Waals surface area contributed by atoms with Gasteiger partial charge in [-0.2, -0.15) is 11.8 Å². The molecule has 0 fully saturated rings. The predicted molar refractivity (Wildman–Crippen MR) is 72.6 cm³/mol. The smallest absolute Gasteiger partial charge is 0.0254 e. The largest absolute Gasteiger partial charge is 0.324 e. The first-order valence-electron chi connectivity index (χ1n) is 5.91. The minimum atomic E-state index is -0.0306. The zero-order valence-electron chi connectivity index (χ0n) is 11.0. The van der Waals surface area contributed by atoms with Gasteiger partial charge in [-0.15, -0.1) is 0 Å². The minimum absolute atomic E-state index is 0.0306. The maximum absolute atomic E-state index is 6.25. The second-order valence-corrected chi connectivity index (χ2v) is 5.94. The Kier molecular flexibility index (Phi) is 7.66. The second kappa shape index (κ2) is 7.53. The van der Waals surface area contributed by atoms with Crippen molar-refractivity contribution in [2.75, 3.05) is 25.6 Å². The van der Waals surface area contributed by atoms with Crippen LogP contribution in [0.25, 0.3) is 0 Å². The number of hydrogen-bond acceptors (Lipinski definition) is 3. The Labute approximate surface area is 100.0 Å². The summed E-state index contributed by atoms with van der Waals surface area (Å²) in [7, 11) is 2.19. The molecule has 0 aromatic rings. The molecule has 0 aromatic heterocycles. The van der Waals surface area contributed by atoms with Crippen molar-refractivity contribution < 1.29 is 0 Å². The van der Waals surface area contributed by atoms with E-state index in [0.717, 1.165) is 13.0 Å². The van der Waals surface area contributed by atoms with Crippen molar-refractivity contribution in [1.29, 1.82) is 0 Å². The van der Waals surface area contributed by atoms with E-state index in [9.17, 15) is 0 Å². The molecule has 0 spiro atoms. The Morgan fingerprint density at radius 2 is 2.07 bits per heavy atom. The maximum atomic E-state index is 6.25. The summed E-state index contributed by atoms with van der Waals surface area (Å²) in [5.41, 5.74) is 6.22. The van der Waals surface area contributed by atoms with Gasteiger partial charge in [0.25, 0.3) is 0 Å². The average molecular weight is 232 g/mol. The summed E-state index contributed by atoms with van der Waals surface area (Å²) in [6, 6.07) is 0.636. The van der Waals surface area contributed by atoms with E-state index in [1.807, 2.05) is 11.8 Å². The number of hydrogen-bond donors (Lipinski definition) is 1. The van der Waals surface area contributed by atoms with Crippen molar-refractivity contribution in [2.45, 2.75) is 51.6 Å². The van der Waals surface area contributed by atoms with E-state index in [-0.39, 0.29) is 5.54 Å². The zero-order valence-corrected chi connectivity index (χ0v) is 11.9. The van der Waals surface area contributed by atoms with Crippen LogP contribution in [0, 0.1) is 0 Å². The Morgan fingerprint density at radius 3 is 2.53 bits per heavy atom. The SMILES string of the molecule is CCCC(C)(N)CN(C)C(C)CCSC. The van der Waals surface area contributed by atoms with Crippen LogP contribution >= 0.6 is 11.8 Å². The second-order valence-electron chi connectivity index (χ2n) is 4.95. The van der Waals surface area contributed by atoms with Gasteiger partial charge in [0.2, 0.25) is 0 Å². The number of thioether (sulfide) groups is 1. The van der Waals surface area contributed by atoms with Crippen LogP contribution in [0.5, 0.6) is 0 Å². The molecule has 2 atom stereocenters. The van der Waals surface area contributed by atoms with Crippen LogP contribution in [0.2, 0.25) is 0 Å². The molecule has 2 nitrogen and oxygen atoms in total. The zero-order chi connectivity index (χ0) is 11.9. The molecule has 0 saturated heterocycles. The summed E-state index contributed by atoms with van der Waals surface area (Å²) in [5.74, 6) is 1.24. The topological polar surface area (TPSA) is 29.3 Å². The highest BCUT2D eigenvalue weighted by Gasteiger charge is 2.21. The van der Waals surface area contributed by atoms with Crippen molar-refractivity contribution in [2.24, 2.45) is 5.73 Å². The lowest BCUT2D eigenvalue weighted by atomic mass is 9.96. The molecule has 0 bridgehead atoms. The van der Waals surface area contributed by atoms with Crippen LogP contribution in [0.15, 0.2) is 0 Å². The quantitative estimate of drug-likeness (QED) is 0.697. The molecule has 3 heteroatoms. The lowest BCUT2D eigenvalue weighted by Crippen LogP contribution is -2.49. The third-order valence-corrected chi connectivity index (χ3v) is 3.57. The fraction of sp³-hybridized carbons (Fsp3) is 1.00. The van der Waals surface area contributed by atoms with Gasteiger partial charge in [-0.1, -0.05) is 13.3 Å². The van der Waals surface area contributed by atoms with E-state index in [2.05, 4.69) is 39.0 Å². The van der Waals surface area contributed by atoms with Crippen LogP contribution in [0.4, 0.5) is 0 Å². The fourth-order valence-electron chi connectivity index (χ4n) is 1.88.